The molecule has 108 valence electrons. The van der Waals surface area contributed by atoms with Gasteiger partial charge in [0.2, 0.25) is 0 Å². The van der Waals surface area contributed by atoms with E-state index in [9.17, 15) is 4.39 Å². The van der Waals surface area contributed by atoms with Crippen LogP contribution in [0.5, 0.6) is 0 Å². The molecule has 3 nitrogen and oxygen atoms in total. The summed E-state index contributed by atoms with van der Waals surface area (Å²) < 4.78 is 24.1. The fraction of sp³-hybridized carbons (Fsp3) is 0.571. The number of hydrogen-bond acceptors (Lipinski definition) is 3. The van der Waals surface area contributed by atoms with Gasteiger partial charge in [-0.05, 0) is 30.7 Å². The maximum Gasteiger partial charge on any atom is 0.127 e. The fourth-order valence-electron chi connectivity index (χ4n) is 1.80. The van der Waals surface area contributed by atoms with Crippen LogP contribution in [0.15, 0.2) is 18.2 Å². The second-order valence-electron chi connectivity index (χ2n) is 4.26. The molecule has 5 heteroatoms. The zero-order valence-corrected chi connectivity index (χ0v) is 12.2. The summed E-state index contributed by atoms with van der Waals surface area (Å²) in [6.45, 7) is 4.46. The predicted octanol–water partition coefficient (Wildman–Crippen LogP) is 2.66. The van der Waals surface area contributed by atoms with Gasteiger partial charge in [-0.15, -0.1) is 0 Å². The van der Waals surface area contributed by atoms with E-state index in [4.69, 9.17) is 21.1 Å². The molecule has 0 fully saturated rings. The summed E-state index contributed by atoms with van der Waals surface area (Å²) in [5, 5.41) is 3.70. The van der Waals surface area contributed by atoms with Crippen LogP contribution in [0.3, 0.4) is 0 Å². The van der Waals surface area contributed by atoms with Crippen molar-refractivity contribution in [2.24, 2.45) is 0 Å². The smallest absolute Gasteiger partial charge is 0.127 e. The van der Waals surface area contributed by atoms with Crippen LogP contribution in [0.4, 0.5) is 4.39 Å². The van der Waals surface area contributed by atoms with E-state index in [1.807, 2.05) is 6.92 Å². The summed E-state index contributed by atoms with van der Waals surface area (Å²) in [6.07, 6.45) is 0.573. The fourth-order valence-corrected chi connectivity index (χ4v) is 1.96. The number of hydrogen-bond donors (Lipinski definition) is 1. The molecule has 1 unspecified atom stereocenters. The summed E-state index contributed by atoms with van der Waals surface area (Å²) in [6, 6.07) is 4.84. The highest BCUT2D eigenvalue weighted by Gasteiger charge is 2.12. The lowest BCUT2D eigenvalue weighted by Gasteiger charge is -2.18. The SMILES string of the molecule is CCNC(COCCOC)Cc1ccc(Cl)cc1F. The van der Waals surface area contributed by atoms with E-state index in [1.54, 1.807) is 19.2 Å². The Bertz CT molecular complexity index is 376. The molecule has 0 radical (unpaired) electrons. The average molecular weight is 290 g/mol. The summed E-state index contributed by atoms with van der Waals surface area (Å²) >= 11 is 5.74. The van der Waals surface area contributed by atoms with Crippen LogP contribution in [-0.2, 0) is 15.9 Å². The van der Waals surface area contributed by atoms with Gasteiger partial charge in [0.1, 0.15) is 5.82 Å². The third-order valence-electron chi connectivity index (χ3n) is 2.73. The number of benzene rings is 1. The second kappa shape index (κ2) is 9.26. The van der Waals surface area contributed by atoms with Crippen LogP contribution in [0, 0.1) is 5.82 Å². The van der Waals surface area contributed by atoms with Crippen LogP contribution in [0.25, 0.3) is 0 Å². The van der Waals surface area contributed by atoms with Crippen LogP contribution < -0.4 is 5.32 Å². The van der Waals surface area contributed by atoms with Crippen LogP contribution in [0.1, 0.15) is 12.5 Å². The standard InChI is InChI=1S/C14H21ClFNO2/c1-3-17-13(10-19-7-6-18-2)8-11-4-5-12(15)9-14(11)16/h4-5,9,13,17H,3,6-8,10H2,1-2H3. The Morgan fingerprint density at radius 1 is 1.37 bits per heavy atom. The third-order valence-corrected chi connectivity index (χ3v) is 2.96. The van der Waals surface area contributed by atoms with Crippen molar-refractivity contribution in [3.63, 3.8) is 0 Å². The van der Waals surface area contributed by atoms with Crippen molar-refractivity contribution in [2.45, 2.75) is 19.4 Å². The Balaban J connectivity index is 2.51. The summed E-state index contributed by atoms with van der Waals surface area (Å²) in [4.78, 5) is 0. The highest BCUT2D eigenvalue weighted by Crippen LogP contribution is 2.16. The molecule has 1 rings (SSSR count). The minimum Gasteiger partial charge on any atom is -0.382 e. The van der Waals surface area contributed by atoms with E-state index in [1.165, 1.54) is 6.07 Å². The van der Waals surface area contributed by atoms with Crippen molar-refractivity contribution in [3.8, 4) is 0 Å². The zero-order chi connectivity index (χ0) is 14.1. The van der Waals surface area contributed by atoms with E-state index < -0.39 is 0 Å². The number of ether oxygens (including phenoxy) is 2. The van der Waals surface area contributed by atoms with Crippen LogP contribution in [-0.4, -0.2) is 39.5 Å². The lowest BCUT2D eigenvalue weighted by Crippen LogP contribution is -2.36. The Labute approximate surface area is 119 Å². The van der Waals surface area contributed by atoms with Crippen molar-refractivity contribution < 1.29 is 13.9 Å². The predicted molar refractivity (Wildman–Crippen MR) is 75.3 cm³/mol. The van der Waals surface area contributed by atoms with Crippen molar-refractivity contribution >= 4 is 11.6 Å². The van der Waals surface area contributed by atoms with Gasteiger partial charge in [-0.2, -0.15) is 0 Å². The quantitative estimate of drug-likeness (QED) is 0.709. The Kier molecular flexibility index (Phi) is 7.98. The highest BCUT2D eigenvalue weighted by molar-refractivity contribution is 6.30. The van der Waals surface area contributed by atoms with Crippen LogP contribution in [0.2, 0.25) is 5.02 Å². The maximum absolute atomic E-state index is 13.7. The topological polar surface area (TPSA) is 30.5 Å². The molecule has 0 amide bonds. The van der Waals surface area contributed by atoms with E-state index in [-0.39, 0.29) is 11.9 Å². The number of nitrogens with one attached hydrogen (secondary N) is 1. The molecule has 0 saturated heterocycles. The van der Waals surface area contributed by atoms with Crippen molar-refractivity contribution in [2.75, 3.05) is 33.5 Å². The first-order chi connectivity index (χ1) is 9.17. The van der Waals surface area contributed by atoms with Crippen molar-refractivity contribution in [1.82, 2.24) is 5.32 Å². The summed E-state index contributed by atoms with van der Waals surface area (Å²) in [7, 11) is 1.63. The Morgan fingerprint density at radius 3 is 2.79 bits per heavy atom. The highest BCUT2D eigenvalue weighted by atomic mass is 35.5. The molecular formula is C14H21ClFNO2. The van der Waals surface area contributed by atoms with E-state index >= 15 is 0 Å². The molecule has 0 aliphatic heterocycles. The Morgan fingerprint density at radius 2 is 2.16 bits per heavy atom. The van der Waals surface area contributed by atoms with Crippen molar-refractivity contribution in [1.29, 1.82) is 0 Å². The molecule has 1 N–H and O–H groups in total. The lowest BCUT2D eigenvalue weighted by atomic mass is 10.1. The number of halogens is 2. The number of rotatable bonds is 9. The van der Waals surface area contributed by atoms with Crippen LogP contribution >= 0.6 is 11.6 Å². The molecule has 0 aliphatic carbocycles. The van der Waals surface area contributed by atoms with E-state index in [2.05, 4.69) is 5.32 Å². The largest absolute Gasteiger partial charge is 0.382 e. The van der Waals surface area contributed by atoms with Gasteiger partial charge in [0.15, 0.2) is 0 Å². The van der Waals surface area contributed by atoms with Gasteiger partial charge in [0.05, 0.1) is 19.8 Å². The first kappa shape index (κ1) is 16.4. The summed E-state index contributed by atoms with van der Waals surface area (Å²) in [5.74, 6) is -0.271. The maximum atomic E-state index is 13.7. The second-order valence-corrected chi connectivity index (χ2v) is 4.70. The molecule has 19 heavy (non-hydrogen) atoms. The Hall–Kier alpha value is -0.680. The first-order valence-corrected chi connectivity index (χ1v) is 6.79. The zero-order valence-electron chi connectivity index (χ0n) is 11.4. The van der Waals surface area contributed by atoms with Gasteiger partial charge < -0.3 is 14.8 Å². The van der Waals surface area contributed by atoms with E-state index in [0.717, 1.165) is 6.54 Å². The average Bonchev–Trinajstić information content (AvgIpc) is 2.38. The molecule has 0 aliphatic rings. The molecule has 0 aromatic heterocycles. The molecule has 1 aromatic carbocycles. The molecular weight excluding hydrogens is 269 g/mol. The number of methoxy groups -OCH3 is 1. The van der Waals surface area contributed by atoms with Gasteiger partial charge in [0.25, 0.3) is 0 Å². The molecule has 1 atom stereocenters. The molecule has 1 aromatic rings. The molecule has 0 saturated carbocycles. The molecule has 0 spiro atoms. The molecule has 0 heterocycles. The molecule has 0 bridgehead atoms. The first-order valence-electron chi connectivity index (χ1n) is 6.41. The minimum absolute atomic E-state index is 0.0810. The monoisotopic (exact) mass is 289 g/mol. The van der Waals surface area contributed by atoms with Gasteiger partial charge in [-0.3, -0.25) is 0 Å². The lowest BCUT2D eigenvalue weighted by molar-refractivity contribution is 0.0588. The van der Waals surface area contributed by atoms with E-state index in [0.29, 0.717) is 36.8 Å². The third kappa shape index (κ3) is 6.34. The summed E-state index contributed by atoms with van der Waals surface area (Å²) in [5.41, 5.74) is 0.644. The minimum atomic E-state index is -0.271. The van der Waals surface area contributed by atoms with Gasteiger partial charge in [0, 0.05) is 18.2 Å². The van der Waals surface area contributed by atoms with Crippen molar-refractivity contribution in [3.05, 3.63) is 34.6 Å². The van der Waals surface area contributed by atoms with Gasteiger partial charge in [-0.25, -0.2) is 4.39 Å². The number of likely N-dealkylation sites (N-methyl/N-ethyl adjacent to an activating group) is 1. The normalized spacial score (nSPS) is 12.6. The van der Waals surface area contributed by atoms with Gasteiger partial charge in [-0.1, -0.05) is 24.6 Å². The van der Waals surface area contributed by atoms with Gasteiger partial charge >= 0.3 is 0 Å².